The van der Waals surface area contributed by atoms with Crippen molar-refractivity contribution in [2.45, 2.75) is 6.18 Å². The first-order valence-electron chi connectivity index (χ1n) is 7.46. The second kappa shape index (κ2) is 6.97. The molecule has 0 radical (unpaired) electrons. The van der Waals surface area contributed by atoms with Crippen LogP contribution in [0.1, 0.15) is 15.9 Å². The van der Waals surface area contributed by atoms with E-state index in [0.717, 1.165) is 30.3 Å². The number of halogens is 4. The van der Waals surface area contributed by atoms with E-state index in [-0.39, 0.29) is 22.3 Å². The minimum Gasteiger partial charge on any atom is -0.422 e. The van der Waals surface area contributed by atoms with Crippen molar-refractivity contribution in [3.8, 4) is 0 Å². The van der Waals surface area contributed by atoms with E-state index in [2.05, 4.69) is 5.32 Å². The van der Waals surface area contributed by atoms with Gasteiger partial charge in [0.2, 0.25) is 0 Å². The monoisotopic (exact) mass is 412 g/mol. The Labute approximate surface area is 158 Å². The van der Waals surface area contributed by atoms with Crippen LogP contribution in [0.15, 0.2) is 51.7 Å². The maximum Gasteiger partial charge on any atom is 0.417 e. The molecule has 144 valence electrons. The highest BCUT2D eigenvalue weighted by Crippen LogP contribution is 2.36. The second-order valence-electron chi connectivity index (χ2n) is 5.57. The van der Waals surface area contributed by atoms with Gasteiger partial charge in [0.15, 0.2) is 0 Å². The topological polar surface area (TPSA) is 102 Å². The van der Waals surface area contributed by atoms with Crippen molar-refractivity contribution in [1.29, 1.82) is 0 Å². The van der Waals surface area contributed by atoms with Gasteiger partial charge in [-0.3, -0.25) is 14.9 Å². The molecule has 0 unspecified atom stereocenters. The minimum absolute atomic E-state index is 0.0120. The number of fused-ring (bicyclic) bond motifs is 1. The Morgan fingerprint density at radius 3 is 2.50 bits per heavy atom. The smallest absolute Gasteiger partial charge is 0.417 e. The summed E-state index contributed by atoms with van der Waals surface area (Å²) < 4.78 is 43.7. The van der Waals surface area contributed by atoms with E-state index in [9.17, 15) is 32.9 Å². The lowest BCUT2D eigenvalue weighted by Crippen LogP contribution is -2.21. The van der Waals surface area contributed by atoms with Crippen molar-refractivity contribution in [3.63, 3.8) is 0 Å². The summed E-state index contributed by atoms with van der Waals surface area (Å²) in [5, 5.41) is 12.5. The summed E-state index contributed by atoms with van der Waals surface area (Å²) in [7, 11) is 0. The van der Waals surface area contributed by atoms with Crippen LogP contribution in [0.5, 0.6) is 0 Å². The van der Waals surface area contributed by atoms with Crippen LogP contribution in [0.4, 0.5) is 24.5 Å². The molecule has 3 aromatic rings. The van der Waals surface area contributed by atoms with Crippen LogP contribution in [0.3, 0.4) is 0 Å². The third-order valence-electron chi connectivity index (χ3n) is 3.70. The maximum absolute atomic E-state index is 12.9. The van der Waals surface area contributed by atoms with Gasteiger partial charge in [0.25, 0.3) is 11.6 Å². The van der Waals surface area contributed by atoms with Gasteiger partial charge in [-0.15, -0.1) is 0 Å². The molecule has 28 heavy (non-hydrogen) atoms. The van der Waals surface area contributed by atoms with Crippen molar-refractivity contribution < 1.29 is 27.3 Å². The Balaban J connectivity index is 1.98. The van der Waals surface area contributed by atoms with Gasteiger partial charge in [0.1, 0.15) is 11.1 Å². The Morgan fingerprint density at radius 1 is 1.14 bits per heavy atom. The third kappa shape index (κ3) is 3.81. The molecule has 0 aliphatic rings. The lowest BCUT2D eigenvalue weighted by Gasteiger charge is -2.11. The highest BCUT2D eigenvalue weighted by Gasteiger charge is 2.33. The normalized spacial score (nSPS) is 11.4. The Bertz CT molecular complexity index is 1170. The number of hydrogen-bond donors (Lipinski definition) is 1. The number of carbonyl (C=O) groups is 1. The van der Waals surface area contributed by atoms with Gasteiger partial charge in [0, 0.05) is 23.2 Å². The van der Waals surface area contributed by atoms with Crippen molar-refractivity contribution >= 4 is 39.9 Å². The molecule has 0 saturated heterocycles. The fourth-order valence-corrected chi connectivity index (χ4v) is 2.63. The van der Waals surface area contributed by atoms with Crippen LogP contribution < -0.4 is 10.9 Å². The van der Waals surface area contributed by atoms with Crippen LogP contribution in [0.25, 0.3) is 11.0 Å². The summed E-state index contributed by atoms with van der Waals surface area (Å²) in [5.41, 5.74) is -3.27. The molecule has 0 fully saturated rings. The number of benzene rings is 2. The molecule has 1 N–H and O–H groups in total. The van der Waals surface area contributed by atoms with E-state index in [1.54, 1.807) is 0 Å². The van der Waals surface area contributed by atoms with E-state index >= 15 is 0 Å². The zero-order valence-corrected chi connectivity index (χ0v) is 14.3. The van der Waals surface area contributed by atoms with E-state index < -0.39 is 38.8 Å². The number of nitrogens with one attached hydrogen (secondary N) is 1. The number of amides is 1. The second-order valence-corrected chi connectivity index (χ2v) is 5.98. The number of non-ortho nitro benzene ring substituents is 1. The number of rotatable bonds is 3. The zero-order chi connectivity index (χ0) is 20.6. The summed E-state index contributed by atoms with van der Waals surface area (Å²) in [4.78, 5) is 34.5. The molecule has 2 aromatic carbocycles. The molecule has 1 amide bonds. The molecular formula is C17H8ClF3N2O5. The first-order valence-corrected chi connectivity index (χ1v) is 7.84. The van der Waals surface area contributed by atoms with Gasteiger partial charge in [0.05, 0.1) is 15.5 Å². The molecule has 0 bridgehead atoms. The van der Waals surface area contributed by atoms with E-state index in [4.69, 9.17) is 16.0 Å². The number of anilines is 1. The van der Waals surface area contributed by atoms with Crippen molar-refractivity contribution in [2.24, 2.45) is 0 Å². The first-order chi connectivity index (χ1) is 13.1. The minimum atomic E-state index is -4.74. The fraction of sp³-hybridized carbons (Fsp3) is 0.0588. The van der Waals surface area contributed by atoms with Gasteiger partial charge >= 0.3 is 11.8 Å². The summed E-state index contributed by atoms with van der Waals surface area (Å²) in [5.74, 6) is -1.04. The standard InChI is InChI=1S/C17H8ClF3N2O5/c18-13-3-1-9(7-12(13)17(19,20)21)22-15(24)11-6-8-5-10(23(26)27)2-4-14(8)28-16(11)25/h1-7H,(H,22,24). The van der Waals surface area contributed by atoms with E-state index in [0.29, 0.717) is 6.07 Å². The van der Waals surface area contributed by atoms with Crippen molar-refractivity contribution in [2.75, 3.05) is 5.32 Å². The number of nitro groups is 1. The highest BCUT2D eigenvalue weighted by atomic mass is 35.5. The summed E-state index contributed by atoms with van der Waals surface area (Å²) in [6.45, 7) is 0. The van der Waals surface area contributed by atoms with Gasteiger partial charge in [-0.05, 0) is 30.3 Å². The number of alkyl halides is 3. The zero-order valence-electron chi connectivity index (χ0n) is 13.5. The molecule has 0 saturated carbocycles. The Morgan fingerprint density at radius 2 is 1.86 bits per heavy atom. The average Bonchev–Trinajstić information content (AvgIpc) is 2.61. The van der Waals surface area contributed by atoms with Gasteiger partial charge in [-0.1, -0.05) is 11.6 Å². The third-order valence-corrected chi connectivity index (χ3v) is 4.03. The van der Waals surface area contributed by atoms with Crippen LogP contribution in [-0.4, -0.2) is 10.8 Å². The van der Waals surface area contributed by atoms with Gasteiger partial charge in [-0.25, -0.2) is 4.79 Å². The largest absolute Gasteiger partial charge is 0.422 e. The van der Waals surface area contributed by atoms with Crippen LogP contribution in [-0.2, 0) is 6.18 Å². The Kier molecular flexibility index (Phi) is 4.82. The first kappa shape index (κ1) is 19.4. The SMILES string of the molecule is O=C(Nc1ccc(Cl)c(C(F)(F)F)c1)c1cc2cc([N+](=O)[O-])ccc2oc1=O. The molecule has 0 aliphatic heterocycles. The molecule has 0 atom stereocenters. The predicted molar refractivity (Wildman–Crippen MR) is 93.5 cm³/mol. The maximum atomic E-state index is 12.9. The number of hydrogen-bond acceptors (Lipinski definition) is 5. The highest BCUT2D eigenvalue weighted by molar-refractivity contribution is 6.31. The molecular weight excluding hydrogens is 405 g/mol. The molecule has 1 aromatic heterocycles. The van der Waals surface area contributed by atoms with E-state index in [1.165, 1.54) is 6.07 Å². The molecule has 3 rings (SSSR count). The van der Waals surface area contributed by atoms with E-state index in [1.807, 2.05) is 0 Å². The quantitative estimate of drug-likeness (QED) is 0.384. The molecule has 1 heterocycles. The Hall–Kier alpha value is -3.40. The number of nitrogens with zero attached hydrogens (tertiary/aromatic N) is 1. The summed E-state index contributed by atoms with van der Waals surface area (Å²) in [6.07, 6.45) is -4.74. The molecule has 7 nitrogen and oxygen atoms in total. The van der Waals surface area contributed by atoms with Crippen LogP contribution in [0, 0.1) is 10.1 Å². The van der Waals surface area contributed by atoms with Crippen LogP contribution in [0.2, 0.25) is 5.02 Å². The molecule has 0 aliphatic carbocycles. The van der Waals surface area contributed by atoms with Gasteiger partial charge in [-0.2, -0.15) is 13.2 Å². The lowest BCUT2D eigenvalue weighted by atomic mass is 10.1. The van der Waals surface area contributed by atoms with Crippen LogP contribution >= 0.6 is 11.6 Å². The van der Waals surface area contributed by atoms with Gasteiger partial charge < -0.3 is 9.73 Å². The lowest BCUT2D eigenvalue weighted by molar-refractivity contribution is -0.384. The van der Waals surface area contributed by atoms with Crippen molar-refractivity contribution in [3.05, 3.63) is 79.1 Å². The van der Waals surface area contributed by atoms with Crippen molar-refractivity contribution in [1.82, 2.24) is 0 Å². The number of carbonyl (C=O) groups excluding carboxylic acids is 1. The fourth-order valence-electron chi connectivity index (χ4n) is 2.40. The summed E-state index contributed by atoms with van der Waals surface area (Å²) >= 11 is 5.51. The molecule has 11 heteroatoms. The summed E-state index contributed by atoms with van der Waals surface area (Å²) in [6, 6.07) is 7.18. The predicted octanol–water partition coefficient (Wildman–Crippen LogP) is 4.63. The molecule has 0 spiro atoms. The number of nitro benzene ring substituents is 1. The average molecular weight is 413 g/mol.